The van der Waals surface area contributed by atoms with Crippen LogP contribution in [0.5, 0.6) is 5.75 Å². The Bertz CT molecular complexity index is 1290. The fraction of sp³-hybridized carbons (Fsp3) is 0.200. The van der Waals surface area contributed by atoms with Crippen LogP contribution >= 0.6 is 0 Å². The minimum Gasteiger partial charge on any atom is -0.473 e. The van der Waals surface area contributed by atoms with Gasteiger partial charge in [0.2, 0.25) is 5.60 Å². The molecule has 0 radical (unpaired) electrons. The number of rotatable bonds is 9. The molecule has 184 valence electrons. The summed E-state index contributed by atoms with van der Waals surface area (Å²) in [4.78, 5) is 16.5. The molecular formula is C30H26F3NO2. The van der Waals surface area contributed by atoms with Crippen LogP contribution in [0.25, 0.3) is 11.1 Å². The number of hydrogen-bond acceptors (Lipinski definition) is 3. The number of para-hydroxylation sites is 1. The molecule has 1 unspecified atom stereocenters. The minimum atomic E-state index is -4.68. The maximum absolute atomic E-state index is 14.4. The summed E-state index contributed by atoms with van der Waals surface area (Å²) in [5.74, 6) is 0.149. The number of alkyl halides is 3. The summed E-state index contributed by atoms with van der Waals surface area (Å²) >= 11 is 0. The van der Waals surface area contributed by atoms with Crippen LogP contribution in [0.15, 0.2) is 103 Å². The van der Waals surface area contributed by atoms with E-state index < -0.39 is 11.8 Å². The average molecular weight is 490 g/mol. The molecule has 0 saturated heterocycles. The Morgan fingerprint density at radius 1 is 0.833 bits per heavy atom. The van der Waals surface area contributed by atoms with Gasteiger partial charge in [0.05, 0.1) is 0 Å². The van der Waals surface area contributed by atoms with Gasteiger partial charge in [0.1, 0.15) is 11.5 Å². The first-order valence-corrected chi connectivity index (χ1v) is 11.7. The van der Waals surface area contributed by atoms with Crippen molar-refractivity contribution < 1.29 is 22.7 Å². The van der Waals surface area contributed by atoms with Gasteiger partial charge in [-0.3, -0.25) is 9.78 Å². The van der Waals surface area contributed by atoms with Gasteiger partial charge < -0.3 is 4.74 Å². The van der Waals surface area contributed by atoms with Crippen LogP contribution in [-0.4, -0.2) is 16.9 Å². The predicted octanol–water partition coefficient (Wildman–Crippen LogP) is 7.35. The van der Waals surface area contributed by atoms with Gasteiger partial charge >= 0.3 is 6.18 Å². The number of Topliss-reactive ketones (excluding diaryl/α,β-unsaturated/α-hetero) is 1. The first-order chi connectivity index (χ1) is 17.3. The fourth-order valence-electron chi connectivity index (χ4n) is 4.00. The number of hydrogen-bond donors (Lipinski definition) is 0. The van der Waals surface area contributed by atoms with Crippen LogP contribution in [0.3, 0.4) is 0 Å². The van der Waals surface area contributed by atoms with E-state index in [1.165, 1.54) is 12.1 Å². The molecule has 1 heterocycles. The molecule has 1 aromatic heterocycles. The van der Waals surface area contributed by atoms with Crippen molar-refractivity contribution in [1.82, 2.24) is 4.98 Å². The number of ether oxygens (including phenoxy) is 1. The van der Waals surface area contributed by atoms with Crippen molar-refractivity contribution in [3.05, 3.63) is 120 Å². The average Bonchev–Trinajstić information content (AvgIpc) is 2.88. The first kappa shape index (κ1) is 25.2. The second-order valence-electron chi connectivity index (χ2n) is 8.77. The van der Waals surface area contributed by atoms with E-state index in [0.717, 1.165) is 18.1 Å². The molecule has 6 heteroatoms. The Hall–Kier alpha value is -3.93. The van der Waals surface area contributed by atoms with Crippen LogP contribution in [-0.2, 0) is 23.2 Å². The highest BCUT2D eigenvalue weighted by atomic mass is 19.4. The molecule has 0 N–H and O–H groups in total. The fourth-order valence-corrected chi connectivity index (χ4v) is 4.00. The third-order valence-electron chi connectivity index (χ3n) is 6.15. The van der Waals surface area contributed by atoms with E-state index in [4.69, 9.17) is 4.74 Å². The third-order valence-corrected chi connectivity index (χ3v) is 6.15. The van der Waals surface area contributed by atoms with Gasteiger partial charge in [0.15, 0.2) is 0 Å². The molecule has 0 bridgehead atoms. The van der Waals surface area contributed by atoms with Gasteiger partial charge in [-0.05, 0) is 42.2 Å². The number of aromatic nitrogens is 1. The van der Waals surface area contributed by atoms with Crippen molar-refractivity contribution in [3.63, 3.8) is 0 Å². The molecule has 0 aliphatic heterocycles. The molecule has 0 aliphatic rings. The van der Waals surface area contributed by atoms with Crippen molar-refractivity contribution in [2.45, 2.75) is 38.0 Å². The van der Waals surface area contributed by atoms with Crippen LogP contribution in [0.2, 0.25) is 0 Å². The molecule has 3 nitrogen and oxygen atoms in total. The SMILES string of the molecule is CC(Oc1ccccc1-c1ccccc1)(c1ccc(CC(=O)CCc2cccnc2)cc1)C(F)(F)F. The van der Waals surface area contributed by atoms with Gasteiger partial charge in [-0.2, -0.15) is 13.2 Å². The number of ketones is 1. The first-order valence-electron chi connectivity index (χ1n) is 11.7. The number of halogens is 3. The van der Waals surface area contributed by atoms with E-state index in [2.05, 4.69) is 4.98 Å². The Kier molecular flexibility index (Phi) is 7.53. The Balaban J connectivity index is 1.53. The lowest BCUT2D eigenvalue weighted by Gasteiger charge is -2.34. The Labute approximate surface area is 208 Å². The summed E-state index contributed by atoms with van der Waals surface area (Å²) in [7, 11) is 0. The second kappa shape index (κ2) is 10.8. The van der Waals surface area contributed by atoms with Crippen LogP contribution in [0.1, 0.15) is 30.0 Å². The summed E-state index contributed by atoms with van der Waals surface area (Å²) in [6, 6.07) is 25.5. The zero-order chi connectivity index (χ0) is 25.6. The van der Waals surface area contributed by atoms with Gasteiger partial charge in [-0.25, -0.2) is 0 Å². The van der Waals surface area contributed by atoms with Crippen molar-refractivity contribution in [3.8, 4) is 16.9 Å². The van der Waals surface area contributed by atoms with E-state index in [1.807, 2.05) is 42.5 Å². The lowest BCUT2D eigenvalue weighted by atomic mass is 9.92. The van der Waals surface area contributed by atoms with Crippen molar-refractivity contribution in [2.24, 2.45) is 0 Å². The number of pyridine rings is 1. The normalized spacial score (nSPS) is 13.1. The second-order valence-corrected chi connectivity index (χ2v) is 8.77. The summed E-state index contributed by atoms with van der Waals surface area (Å²) in [5, 5.41) is 0. The van der Waals surface area contributed by atoms with E-state index in [-0.39, 0.29) is 23.5 Å². The topological polar surface area (TPSA) is 39.2 Å². The minimum absolute atomic E-state index is 0.0122. The van der Waals surface area contributed by atoms with E-state index in [0.29, 0.717) is 24.0 Å². The van der Waals surface area contributed by atoms with Crippen LogP contribution in [0, 0.1) is 0 Å². The van der Waals surface area contributed by atoms with Gasteiger partial charge in [-0.1, -0.05) is 78.9 Å². The molecular weight excluding hydrogens is 463 g/mol. The highest BCUT2D eigenvalue weighted by molar-refractivity contribution is 5.81. The maximum Gasteiger partial charge on any atom is 0.432 e. The van der Waals surface area contributed by atoms with Gasteiger partial charge in [0, 0.05) is 36.4 Å². The standard InChI is InChI=1S/C30H26F3NO2/c1-29(30(31,32)33,36-28-12-6-5-11-27(28)24-9-3-2-4-10-24)25-16-13-22(14-17-25)20-26(35)18-15-23-8-7-19-34-21-23/h2-14,16-17,19,21H,15,18,20H2,1H3. The largest absolute Gasteiger partial charge is 0.473 e. The Morgan fingerprint density at radius 2 is 1.53 bits per heavy atom. The molecule has 36 heavy (non-hydrogen) atoms. The number of carbonyl (C=O) groups is 1. The lowest BCUT2D eigenvalue weighted by molar-refractivity contribution is -0.247. The zero-order valence-corrected chi connectivity index (χ0v) is 19.8. The van der Waals surface area contributed by atoms with Gasteiger partial charge in [0.25, 0.3) is 0 Å². The monoisotopic (exact) mass is 489 g/mol. The van der Waals surface area contributed by atoms with E-state index >= 15 is 0 Å². The van der Waals surface area contributed by atoms with E-state index in [9.17, 15) is 18.0 Å². The maximum atomic E-state index is 14.4. The number of aryl methyl sites for hydroxylation is 1. The molecule has 0 amide bonds. The molecule has 4 aromatic rings. The summed E-state index contributed by atoms with van der Waals surface area (Å²) in [5.41, 5.74) is 0.339. The molecule has 0 saturated carbocycles. The molecule has 3 aromatic carbocycles. The molecule has 0 spiro atoms. The molecule has 0 aliphatic carbocycles. The van der Waals surface area contributed by atoms with Crippen LogP contribution < -0.4 is 4.74 Å². The zero-order valence-electron chi connectivity index (χ0n) is 19.8. The molecule has 4 rings (SSSR count). The summed E-state index contributed by atoms with van der Waals surface area (Å²) in [6.45, 7) is 1.03. The smallest absolute Gasteiger partial charge is 0.432 e. The third kappa shape index (κ3) is 5.82. The Morgan fingerprint density at radius 3 is 2.19 bits per heavy atom. The summed E-state index contributed by atoms with van der Waals surface area (Å²) in [6.07, 6.45) is -0.223. The predicted molar refractivity (Wildman–Crippen MR) is 134 cm³/mol. The number of nitrogens with zero attached hydrogens (tertiary/aromatic N) is 1. The van der Waals surface area contributed by atoms with E-state index in [1.54, 1.807) is 48.8 Å². The summed E-state index contributed by atoms with van der Waals surface area (Å²) < 4.78 is 48.9. The molecule has 0 fully saturated rings. The number of benzene rings is 3. The highest BCUT2D eigenvalue weighted by Gasteiger charge is 2.55. The van der Waals surface area contributed by atoms with Crippen molar-refractivity contribution >= 4 is 5.78 Å². The highest BCUT2D eigenvalue weighted by Crippen LogP contribution is 2.44. The van der Waals surface area contributed by atoms with Crippen molar-refractivity contribution in [1.29, 1.82) is 0 Å². The number of carbonyl (C=O) groups excluding carboxylic acids is 1. The van der Waals surface area contributed by atoms with Crippen molar-refractivity contribution in [2.75, 3.05) is 0 Å². The lowest BCUT2D eigenvalue weighted by Crippen LogP contribution is -2.44. The molecule has 1 atom stereocenters. The quantitative estimate of drug-likeness (QED) is 0.247. The van der Waals surface area contributed by atoms with Crippen LogP contribution in [0.4, 0.5) is 13.2 Å². The van der Waals surface area contributed by atoms with Gasteiger partial charge in [-0.15, -0.1) is 0 Å².